The number of aromatic amines is 2. The number of fused-ring (bicyclic) bond motifs is 2. The highest BCUT2D eigenvalue weighted by atomic mass is 16.2. The molecule has 1 aromatic carbocycles. The first-order chi connectivity index (χ1) is 26.0. The average molecular weight is 708 g/mol. The second-order valence-corrected chi connectivity index (χ2v) is 12.6. The van der Waals surface area contributed by atoms with Crippen molar-refractivity contribution in [3.63, 3.8) is 0 Å². The summed E-state index contributed by atoms with van der Waals surface area (Å²) >= 11 is 0. The van der Waals surface area contributed by atoms with Crippen LogP contribution >= 0.6 is 0 Å². The highest BCUT2D eigenvalue weighted by molar-refractivity contribution is 6.04. The molecule has 6 aromatic rings. The van der Waals surface area contributed by atoms with E-state index >= 15 is 0 Å². The zero-order valence-corrected chi connectivity index (χ0v) is 28.9. The molecule has 8 rings (SSSR count). The molecule has 5 aromatic heterocycles. The number of hydrogen-bond acceptors (Lipinski definition) is 9. The minimum Gasteiger partial charge on any atom is -0.305 e. The number of aryl methyl sites for hydroxylation is 1. The standard InChI is InChI=1S/C22H22N4O2.C18H15N5O2/c27-19(13-6-10-16-8-2-1-3-9-16)26-15-7-11-17-21(26)24-20(25-22(17)28)18-12-4-5-14-23-18;24-17-12-6-5-11-23(18(25)14-8-2-4-10-20-14)16(12)21-15(22-17)13-7-1-3-9-19-13/h1-5,8-9,12,14H,6-7,10-11,13,15H2,(H,24,25,28);1-4,7-10H,5-6,11H2,(H,21,22,24). The van der Waals surface area contributed by atoms with Gasteiger partial charge < -0.3 is 9.97 Å². The predicted octanol–water partition coefficient (Wildman–Crippen LogP) is 4.95. The van der Waals surface area contributed by atoms with Gasteiger partial charge in [0.05, 0.1) is 11.1 Å². The van der Waals surface area contributed by atoms with Crippen molar-refractivity contribution in [2.75, 3.05) is 22.9 Å². The highest BCUT2D eigenvalue weighted by Crippen LogP contribution is 2.27. The second kappa shape index (κ2) is 16.1. The maximum Gasteiger partial charge on any atom is 0.278 e. The van der Waals surface area contributed by atoms with Gasteiger partial charge in [-0.15, -0.1) is 0 Å². The van der Waals surface area contributed by atoms with Crippen LogP contribution in [0.2, 0.25) is 0 Å². The molecular formula is C40H37N9O4. The lowest BCUT2D eigenvalue weighted by Gasteiger charge is -2.28. The SMILES string of the molecule is O=C(CCCc1ccccc1)N1CCCc2c1nc(-c1ccccn1)[nH]c2=O.O=C(c1ccccn1)N1CCCc2c1nc(-c1ccccn1)[nH]c2=O. The molecule has 2 amide bonds. The van der Waals surface area contributed by atoms with Crippen molar-refractivity contribution in [1.29, 1.82) is 0 Å². The Morgan fingerprint density at radius 2 is 1.15 bits per heavy atom. The number of rotatable bonds is 7. The molecule has 2 N–H and O–H groups in total. The first-order valence-electron chi connectivity index (χ1n) is 17.6. The number of H-pyrrole nitrogens is 2. The number of aromatic nitrogens is 7. The Kier molecular flexibility index (Phi) is 10.6. The molecule has 0 bridgehead atoms. The molecule has 0 fully saturated rings. The smallest absolute Gasteiger partial charge is 0.278 e. The molecule has 13 heteroatoms. The Labute approximate surface area is 304 Å². The average Bonchev–Trinajstić information content (AvgIpc) is 3.21. The molecule has 7 heterocycles. The number of nitrogens with zero attached hydrogens (tertiary/aromatic N) is 7. The van der Waals surface area contributed by atoms with Crippen LogP contribution in [0.3, 0.4) is 0 Å². The fourth-order valence-corrected chi connectivity index (χ4v) is 6.45. The van der Waals surface area contributed by atoms with Gasteiger partial charge in [0, 0.05) is 38.1 Å². The molecule has 0 spiro atoms. The summed E-state index contributed by atoms with van der Waals surface area (Å²) in [7, 11) is 0. The van der Waals surface area contributed by atoms with E-state index < -0.39 is 0 Å². The minimum atomic E-state index is -0.258. The quantitative estimate of drug-likeness (QED) is 0.233. The van der Waals surface area contributed by atoms with Crippen LogP contribution in [-0.2, 0) is 24.1 Å². The molecule has 0 unspecified atom stereocenters. The summed E-state index contributed by atoms with van der Waals surface area (Å²) in [4.78, 5) is 81.2. The summed E-state index contributed by atoms with van der Waals surface area (Å²) in [5.41, 5.74) is 3.38. The summed E-state index contributed by atoms with van der Waals surface area (Å²) in [5.74, 6) is 1.39. The summed E-state index contributed by atoms with van der Waals surface area (Å²) < 4.78 is 0. The van der Waals surface area contributed by atoms with E-state index in [9.17, 15) is 19.2 Å². The van der Waals surface area contributed by atoms with Crippen LogP contribution in [0, 0.1) is 0 Å². The Balaban J connectivity index is 0.000000165. The van der Waals surface area contributed by atoms with E-state index in [1.807, 2.05) is 36.4 Å². The number of amides is 2. The van der Waals surface area contributed by atoms with E-state index in [0.29, 0.717) is 90.3 Å². The van der Waals surface area contributed by atoms with Gasteiger partial charge in [-0.25, -0.2) is 9.97 Å². The highest BCUT2D eigenvalue weighted by Gasteiger charge is 2.29. The van der Waals surface area contributed by atoms with Gasteiger partial charge >= 0.3 is 0 Å². The van der Waals surface area contributed by atoms with Crippen LogP contribution in [0.25, 0.3) is 23.0 Å². The summed E-state index contributed by atoms with van der Waals surface area (Å²) in [6.07, 6.45) is 9.61. The lowest BCUT2D eigenvalue weighted by molar-refractivity contribution is -0.118. The summed E-state index contributed by atoms with van der Waals surface area (Å²) in [6, 6.07) is 26.1. The zero-order chi connectivity index (χ0) is 36.6. The summed E-state index contributed by atoms with van der Waals surface area (Å²) in [5, 5.41) is 0. The Bertz CT molecular complexity index is 2320. The van der Waals surface area contributed by atoms with E-state index in [1.165, 1.54) is 10.5 Å². The Hall–Kier alpha value is -6.63. The molecule has 0 saturated carbocycles. The number of hydrogen-bond donors (Lipinski definition) is 2. The van der Waals surface area contributed by atoms with Gasteiger partial charge in [-0.2, -0.15) is 0 Å². The van der Waals surface area contributed by atoms with Crippen LogP contribution in [0.1, 0.15) is 52.9 Å². The van der Waals surface area contributed by atoms with Crippen LogP contribution < -0.4 is 20.9 Å². The second-order valence-electron chi connectivity index (χ2n) is 12.6. The largest absolute Gasteiger partial charge is 0.305 e. The fourth-order valence-electron chi connectivity index (χ4n) is 6.45. The predicted molar refractivity (Wildman–Crippen MR) is 200 cm³/mol. The molecular weight excluding hydrogens is 670 g/mol. The molecule has 0 atom stereocenters. The van der Waals surface area contributed by atoms with E-state index in [0.717, 1.165) is 19.3 Å². The molecule has 13 nitrogen and oxygen atoms in total. The van der Waals surface area contributed by atoms with Crippen molar-refractivity contribution < 1.29 is 9.59 Å². The van der Waals surface area contributed by atoms with Crippen molar-refractivity contribution in [3.05, 3.63) is 147 Å². The first-order valence-corrected chi connectivity index (χ1v) is 17.6. The van der Waals surface area contributed by atoms with Crippen LogP contribution in [0.15, 0.2) is 113 Å². The van der Waals surface area contributed by atoms with Crippen molar-refractivity contribution in [1.82, 2.24) is 34.9 Å². The van der Waals surface area contributed by atoms with Crippen LogP contribution in [-0.4, -0.2) is 59.8 Å². The monoisotopic (exact) mass is 707 g/mol. The van der Waals surface area contributed by atoms with Gasteiger partial charge in [0.2, 0.25) is 5.91 Å². The molecule has 266 valence electrons. The Morgan fingerprint density at radius 3 is 1.70 bits per heavy atom. The minimum absolute atomic E-state index is 0.0157. The maximum atomic E-state index is 12.9. The third kappa shape index (κ3) is 7.99. The molecule has 0 radical (unpaired) electrons. The number of carbonyl (C=O) groups excluding carboxylic acids is 2. The van der Waals surface area contributed by atoms with E-state index in [1.54, 1.807) is 59.9 Å². The van der Waals surface area contributed by atoms with Crippen molar-refractivity contribution >= 4 is 23.5 Å². The molecule has 0 saturated heterocycles. The lowest BCUT2D eigenvalue weighted by atomic mass is 10.0. The van der Waals surface area contributed by atoms with Crippen LogP contribution in [0.4, 0.5) is 11.6 Å². The van der Waals surface area contributed by atoms with Crippen LogP contribution in [0.5, 0.6) is 0 Å². The third-order valence-electron chi connectivity index (χ3n) is 9.06. The number of nitrogens with one attached hydrogen (secondary N) is 2. The van der Waals surface area contributed by atoms with Gasteiger partial charge in [0.25, 0.3) is 17.0 Å². The number of carbonyl (C=O) groups is 2. The summed E-state index contributed by atoms with van der Waals surface area (Å²) in [6.45, 7) is 1.09. The van der Waals surface area contributed by atoms with Gasteiger partial charge in [-0.3, -0.25) is 43.9 Å². The van der Waals surface area contributed by atoms with E-state index in [4.69, 9.17) is 0 Å². The lowest BCUT2D eigenvalue weighted by Crippen LogP contribution is -2.39. The third-order valence-corrected chi connectivity index (χ3v) is 9.06. The van der Waals surface area contributed by atoms with Gasteiger partial charge in [-0.05, 0) is 80.5 Å². The molecule has 53 heavy (non-hydrogen) atoms. The number of pyridine rings is 3. The van der Waals surface area contributed by atoms with Crippen molar-refractivity contribution in [2.24, 2.45) is 0 Å². The zero-order valence-electron chi connectivity index (χ0n) is 28.9. The number of benzene rings is 1. The number of anilines is 2. The normalized spacial score (nSPS) is 13.3. The fraction of sp³-hybridized carbons (Fsp3) is 0.225. The van der Waals surface area contributed by atoms with Gasteiger partial charge in [0.15, 0.2) is 11.6 Å². The van der Waals surface area contributed by atoms with E-state index in [-0.39, 0.29) is 22.9 Å². The van der Waals surface area contributed by atoms with Gasteiger partial charge in [-0.1, -0.05) is 48.5 Å². The van der Waals surface area contributed by atoms with Gasteiger partial charge in [0.1, 0.15) is 28.7 Å². The maximum absolute atomic E-state index is 12.9. The molecule has 0 aliphatic carbocycles. The Morgan fingerprint density at radius 1 is 0.623 bits per heavy atom. The topological polar surface area (TPSA) is 171 Å². The van der Waals surface area contributed by atoms with Crippen molar-refractivity contribution in [2.45, 2.75) is 44.9 Å². The molecule has 2 aliphatic rings. The first kappa shape index (κ1) is 34.8. The van der Waals surface area contributed by atoms with Crippen molar-refractivity contribution in [3.8, 4) is 23.0 Å². The van der Waals surface area contributed by atoms with E-state index in [2.05, 4.69) is 47.0 Å². The molecule has 2 aliphatic heterocycles.